The van der Waals surface area contributed by atoms with Gasteiger partial charge in [-0.05, 0) is 50.6 Å². The lowest BCUT2D eigenvalue weighted by atomic mass is 10.0. The number of benzene rings is 2. The molecule has 0 amide bonds. The van der Waals surface area contributed by atoms with Crippen LogP contribution in [0.5, 0.6) is 5.75 Å². The Hall–Kier alpha value is -1.10. The first kappa shape index (κ1) is 19.2. The fraction of sp³-hybridized carbons (Fsp3) is 0.368. The van der Waals surface area contributed by atoms with Crippen LogP contribution in [-0.2, 0) is 13.2 Å². The standard InChI is InChI=1S/C19H22BrClFNO/c1-4-19(2,3)23-11-14-9-15(20)6-8-18(14)24-12-13-5-7-16(22)10-17(13)21/h5-10,23H,4,11-12H2,1-3H3. The number of ether oxygens (including phenoxy) is 1. The summed E-state index contributed by atoms with van der Waals surface area (Å²) in [6, 6.07) is 10.2. The molecule has 0 saturated heterocycles. The average Bonchev–Trinajstić information content (AvgIpc) is 2.53. The van der Waals surface area contributed by atoms with Crippen LogP contribution in [0.2, 0.25) is 5.02 Å². The maximum Gasteiger partial charge on any atom is 0.124 e. The van der Waals surface area contributed by atoms with Gasteiger partial charge in [0.15, 0.2) is 0 Å². The van der Waals surface area contributed by atoms with Crippen molar-refractivity contribution in [1.82, 2.24) is 5.32 Å². The van der Waals surface area contributed by atoms with Gasteiger partial charge < -0.3 is 10.1 Å². The third-order valence-corrected chi connectivity index (χ3v) is 4.91. The molecule has 0 bridgehead atoms. The molecule has 0 fully saturated rings. The largest absolute Gasteiger partial charge is 0.489 e. The zero-order chi connectivity index (χ0) is 17.7. The molecule has 2 nitrogen and oxygen atoms in total. The predicted molar refractivity (Wildman–Crippen MR) is 101 cm³/mol. The van der Waals surface area contributed by atoms with Crippen molar-refractivity contribution < 1.29 is 9.13 Å². The molecule has 0 atom stereocenters. The summed E-state index contributed by atoms with van der Waals surface area (Å²) in [6.07, 6.45) is 1.03. The van der Waals surface area contributed by atoms with E-state index in [1.165, 1.54) is 12.1 Å². The van der Waals surface area contributed by atoms with Crippen LogP contribution >= 0.6 is 27.5 Å². The quantitative estimate of drug-likeness (QED) is 0.591. The molecule has 0 heterocycles. The van der Waals surface area contributed by atoms with E-state index in [4.69, 9.17) is 16.3 Å². The summed E-state index contributed by atoms with van der Waals surface area (Å²) in [4.78, 5) is 0. The van der Waals surface area contributed by atoms with Crippen LogP contribution in [-0.4, -0.2) is 5.54 Å². The SMILES string of the molecule is CCC(C)(C)NCc1cc(Br)ccc1OCc1ccc(F)cc1Cl. The zero-order valence-corrected chi connectivity index (χ0v) is 16.5. The first-order chi connectivity index (χ1) is 11.3. The van der Waals surface area contributed by atoms with Crippen molar-refractivity contribution in [3.63, 3.8) is 0 Å². The number of hydrogen-bond acceptors (Lipinski definition) is 2. The van der Waals surface area contributed by atoms with Gasteiger partial charge in [0.2, 0.25) is 0 Å². The summed E-state index contributed by atoms with van der Waals surface area (Å²) in [5.74, 6) is 0.442. The van der Waals surface area contributed by atoms with E-state index in [0.29, 0.717) is 18.2 Å². The van der Waals surface area contributed by atoms with Gasteiger partial charge in [-0.25, -0.2) is 4.39 Å². The number of hydrogen-bond donors (Lipinski definition) is 1. The third kappa shape index (κ3) is 5.47. The van der Waals surface area contributed by atoms with Gasteiger partial charge in [0.05, 0.1) is 5.02 Å². The Kier molecular flexibility index (Phi) is 6.67. The van der Waals surface area contributed by atoms with Crippen LogP contribution in [0.1, 0.15) is 38.3 Å². The second kappa shape index (κ2) is 8.32. The van der Waals surface area contributed by atoms with Crippen LogP contribution in [0, 0.1) is 5.82 Å². The van der Waals surface area contributed by atoms with Crippen LogP contribution in [0.3, 0.4) is 0 Å². The second-order valence-electron chi connectivity index (χ2n) is 6.37. The first-order valence-corrected chi connectivity index (χ1v) is 9.08. The summed E-state index contributed by atoms with van der Waals surface area (Å²) >= 11 is 9.56. The topological polar surface area (TPSA) is 21.3 Å². The number of nitrogens with one attached hydrogen (secondary N) is 1. The summed E-state index contributed by atoms with van der Waals surface area (Å²) in [5.41, 5.74) is 1.87. The van der Waals surface area contributed by atoms with E-state index >= 15 is 0 Å². The average molecular weight is 415 g/mol. The van der Waals surface area contributed by atoms with Gasteiger partial charge in [0.1, 0.15) is 18.2 Å². The third-order valence-electron chi connectivity index (χ3n) is 4.06. The molecule has 24 heavy (non-hydrogen) atoms. The highest BCUT2D eigenvalue weighted by Gasteiger charge is 2.15. The lowest BCUT2D eigenvalue weighted by molar-refractivity contribution is 0.298. The minimum atomic E-state index is -0.348. The zero-order valence-electron chi connectivity index (χ0n) is 14.1. The van der Waals surface area contributed by atoms with Gasteiger partial charge in [0.25, 0.3) is 0 Å². The maximum atomic E-state index is 13.1. The van der Waals surface area contributed by atoms with E-state index in [1.54, 1.807) is 6.07 Å². The highest BCUT2D eigenvalue weighted by Crippen LogP contribution is 2.26. The smallest absolute Gasteiger partial charge is 0.124 e. The monoisotopic (exact) mass is 413 g/mol. The van der Waals surface area contributed by atoms with Crippen molar-refractivity contribution in [1.29, 1.82) is 0 Å². The summed E-state index contributed by atoms with van der Waals surface area (Å²) in [7, 11) is 0. The van der Waals surface area contributed by atoms with E-state index < -0.39 is 0 Å². The van der Waals surface area contributed by atoms with Crippen molar-refractivity contribution in [3.05, 3.63) is 62.8 Å². The molecule has 0 radical (unpaired) electrons. The maximum absolute atomic E-state index is 13.1. The van der Waals surface area contributed by atoms with E-state index in [0.717, 1.165) is 27.8 Å². The summed E-state index contributed by atoms with van der Waals surface area (Å²) in [6.45, 7) is 7.49. The van der Waals surface area contributed by atoms with Gasteiger partial charge >= 0.3 is 0 Å². The molecular weight excluding hydrogens is 393 g/mol. The molecule has 0 aliphatic heterocycles. The molecule has 0 aromatic heterocycles. The molecule has 5 heteroatoms. The van der Waals surface area contributed by atoms with Crippen LogP contribution < -0.4 is 10.1 Å². The Morgan fingerprint density at radius 3 is 2.58 bits per heavy atom. The Bertz CT molecular complexity index is 706. The van der Waals surface area contributed by atoms with Gasteiger partial charge in [-0.3, -0.25) is 0 Å². The van der Waals surface area contributed by atoms with E-state index in [1.807, 2.05) is 18.2 Å². The van der Waals surface area contributed by atoms with Crippen molar-refractivity contribution >= 4 is 27.5 Å². The molecule has 2 aromatic rings. The van der Waals surface area contributed by atoms with E-state index in [-0.39, 0.29) is 11.4 Å². The molecule has 0 aliphatic carbocycles. The number of rotatable bonds is 7. The molecular formula is C19H22BrClFNO. The molecule has 0 aliphatic rings. The Balaban J connectivity index is 2.12. The second-order valence-corrected chi connectivity index (χ2v) is 7.69. The van der Waals surface area contributed by atoms with Gasteiger partial charge in [-0.15, -0.1) is 0 Å². The molecule has 0 saturated carbocycles. The van der Waals surface area contributed by atoms with E-state index in [9.17, 15) is 4.39 Å². The molecule has 2 rings (SSSR count). The van der Waals surface area contributed by atoms with Gasteiger partial charge in [0, 0.05) is 27.7 Å². The predicted octanol–water partition coefficient (Wildman–Crippen LogP) is 6.10. The van der Waals surface area contributed by atoms with Crippen molar-refractivity contribution in [2.75, 3.05) is 0 Å². The van der Waals surface area contributed by atoms with Gasteiger partial charge in [-0.2, -0.15) is 0 Å². The molecule has 1 N–H and O–H groups in total. The fourth-order valence-corrected chi connectivity index (χ4v) is 2.71. The van der Waals surface area contributed by atoms with Crippen LogP contribution in [0.25, 0.3) is 0 Å². The van der Waals surface area contributed by atoms with E-state index in [2.05, 4.69) is 42.0 Å². The minimum absolute atomic E-state index is 0.0554. The van der Waals surface area contributed by atoms with Crippen molar-refractivity contribution in [2.24, 2.45) is 0 Å². The highest BCUT2D eigenvalue weighted by atomic mass is 79.9. The first-order valence-electron chi connectivity index (χ1n) is 7.91. The summed E-state index contributed by atoms with van der Waals surface area (Å²) < 4.78 is 20.1. The van der Waals surface area contributed by atoms with Crippen LogP contribution in [0.4, 0.5) is 4.39 Å². The molecule has 0 unspecified atom stereocenters. The van der Waals surface area contributed by atoms with Gasteiger partial charge in [-0.1, -0.05) is 40.5 Å². The van der Waals surface area contributed by atoms with Crippen molar-refractivity contribution in [3.8, 4) is 5.75 Å². The Morgan fingerprint density at radius 1 is 1.17 bits per heavy atom. The van der Waals surface area contributed by atoms with Crippen molar-refractivity contribution in [2.45, 2.75) is 45.9 Å². The lowest BCUT2D eigenvalue weighted by Crippen LogP contribution is -2.37. The highest BCUT2D eigenvalue weighted by molar-refractivity contribution is 9.10. The minimum Gasteiger partial charge on any atom is -0.489 e. The molecule has 0 spiro atoms. The van der Waals surface area contributed by atoms with Crippen LogP contribution in [0.15, 0.2) is 40.9 Å². The molecule has 130 valence electrons. The Labute approximate surface area is 156 Å². The molecule has 2 aromatic carbocycles. The fourth-order valence-electron chi connectivity index (χ4n) is 2.08. The normalized spacial score (nSPS) is 11.6. The Morgan fingerprint density at radius 2 is 1.92 bits per heavy atom. The summed E-state index contributed by atoms with van der Waals surface area (Å²) in [5, 5.41) is 3.91. The lowest BCUT2D eigenvalue weighted by Gasteiger charge is -2.25. The number of halogens is 3.